The second-order valence-corrected chi connectivity index (χ2v) is 6.10. The maximum atomic E-state index is 12.2. The fraction of sp³-hybridized carbons (Fsp3) is 0.417. The number of carboxylic acid groups (broad SMARTS) is 1. The monoisotopic (exact) mass is 271 g/mol. The number of carbonyl (C=O) groups is 1. The largest absolute Gasteiger partial charge is 0.481 e. The third kappa shape index (κ3) is 3.54. The van der Waals surface area contributed by atoms with E-state index in [-0.39, 0.29) is 17.9 Å². The quantitative estimate of drug-likeness (QED) is 0.850. The molecule has 0 saturated carbocycles. The minimum atomic E-state index is -3.53. The summed E-state index contributed by atoms with van der Waals surface area (Å²) in [7, 11) is -2.07. The Morgan fingerprint density at radius 2 is 1.94 bits per heavy atom. The van der Waals surface area contributed by atoms with Crippen molar-refractivity contribution in [2.24, 2.45) is 0 Å². The maximum absolute atomic E-state index is 12.2. The fourth-order valence-electron chi connectivity index (χ4n) is 1.59. The van der Waals surface area contributed by atoms with Crippen molar-refractivity contribution < 1.29 is 18.3 Å². The third-order valence-electron chi connectivity index (χ3n) is 2.65. The summed E-state index contributed by atoms with van der Waals surface area (Å²) in [6, 6.07) is 6.74. The number of carboxylic acids is 1. The highest BCUT2D eigenvalue weighted by Crippen LogP contribution is 2.18. The lowest BCUT2D eigenvalue weighted by Gasteiger charge is -2.17. The molecule has 0 saturated heterocycles. The predicted molar refractivity (Wildman–Crippen MR) is 67.9 cm³/mol. The van der Waals surface area contributed by atoms with E-state index in [0.29, 0.717) is 12.0 Å². The van der Waals surface area contributed by atoms with E-state index in [1.54, 1.807) is 31.2 Å². The van der Waals surface area contributed by atoms with E-state index in [9.17, 15) is 13.2 Å². The van der Waals surface area contributed by atoms with E-state index in [1.807, 2.05) is 0 Å². The van der Waals surface area contributed by atoms with Crippen LogP contribution in [0.25, 0.3) is 0 Å². The van der Waals surface area contributed by atoms with Gasteiger partial charge in [0.25, 0.3) is 0 Å². The average molecular weight is 271 g/mol. The van der Waals surface area contributed by atoms with E-state index in [0.717, 1.165) is 0 Å². The standard InChI is InChI=1S/C12H17NO4S/c1-10-6-3-4-7-11(10)18(16,17)13(2)9-5-8-12(14)15/h3-4,6-7H,5,8-9H2,1-2H3,(H,14,15). The van der Waals surface area contributed by atoms with E-state index in [4.69, 9.17) is 5.11 Å². The number of benzene rings is 1. The van der Waals surface area contributed by atoms with Gasteiger partial charge in [-0.3, -0.25) is 4.79 Å². The van der Waals surface area contributed by atoms with E-state index >= 15 is 0 Å². The topological polar surface area (TPSA) is 74.7 Å². The van der Waals surface area contributed by atoms with Crippen LogP contribution in [-0.2, 0) is 14.8 Å². The minimum Gasteiger partial charge on any atom is -0.481 e. The summed E-state index contributed by atoms with van der Waals surface area (Å²) in [5, 5.41) is 8.52. The SMILES string of the molecule is Cc1ccccc1S(=O)(=O)N(C)CCCC(=O)O. The molecule has 5 nitrogen and oxygen atoms in total. The van der Waals surface area contributed by atoms with E-state index in [2.05, 4.69) is 0 Å². The number of rotatable bonds is 6. The molecule has 0 atom stereocenters. The Labute approximate surface area is 107 Å². The van der Waals surface area contributed by atoms with Crippen LogP contribution in [0.1, 0.15) is 18.4 Å². The number of aliphatic carboxylic acids is 1. The molecule has 0 aromatic heterocycles. The van der Waals surface area contributed by atoms with Gasteiger partial charge in [-0.15, -0.1) is 0 Å². The number of nitrogens with zero attached hydrogens (tertiary/aromatic N) is 1. The van der Waals surface area contributed by atoms with E-state index in [1.165, 1.54) is 11.4 Å². The van der Waals surface area contributed by atoms with Crippen molar-refractivity contribution in [1.29, 1.82) is 0 Å². The van der Waals surface area contributed by atoms with Gasteiger partial charge < -0.3 is 5.11 Å². The number of sulfonamides is 1. The highest BCUT2D eigenvalue weighted by Gasteiger charge is 2.21. The maximum Gasteiger partial charge on any atom is 0.303 e. The molecule has 100 valence electrons. The lowest BCUT2D eigenvalue weighted by atomic mass is 10.2. The summed E-state index contributed by atoms with van der Waals surface area (Å²) in [6.07, 6.45) is 0.268. The van der Waals surface area contributed by atoms with Crippen LogP contribution in [0, 0.1) is 6.92 Å². The highest BCUT2D eigenvalue weighted by molar-refractivity contribution is 7.89. The second-order valence-electron chi connectivity index (χ2n) is 4.09. The molecule has 1 aromatic carbocycles. The van der Waals surface area contributed by atoms with Crippen LogP contribution < -0.4 is 0 Å². The van der Waals surface area contributed by atoms with E-state index < -0.39 is 16.0 Å². The first kappa shape index (κ1) is 14.7. The summed E-state index contributed by atoms with van der Waals surface area (Å²) in [6.45, 7) is 1.93. The number of hydrogen-bond donors (Lipinski definition) is 1. The molecule has 0 fully saturated rings. The van der Waals surface area contributed by atoms with Gasteiger partial charge >= 0.3 is 5.97 Å². The number of aryl methyl sites for hydroxylation is 1. The summed E-state index contributed by atoms with van der Waals surface area (Å²) in [5.74, 6) is -0.920. The molecule has 1 N–H and O–H groups in total. The molecule has 18 heavy (non-hydrogen) atoms. The molecule has 0 bridgehead atoms. The molecule has 0 unspecified atom stereocenters. The van der Waals surface area contributed by atoms with Crippen LogP contribution in [0.5, 0.6) is 0 Å². The lowest BCUT2D eigenvalue weighted by Crippen LogP contribution is -2.28. The zero-order valence-electron chi connectivity index (χ0n) is 10.5. The van der Waals surface area contributed by atoms with Crippen molar-refractivity contribution >= 4 is 16.0 Å². The van der Waals surface area contributed by atoms with Gasteiger partial charge in [-0.1, -0.05) is 18.2 Å². The van der Waals surface area contributed by atoms with Crippen molar-refractivity contribution in [3.05, 3.63) is 29.8 Å². The molecule has 6 heteroatoms. The molecule has 1 rings (SSSR count). The molecule has 0 spiro atoms. The first-order valence-electron chi connectivity index (χ1n) is 5.59. The van der Waals surface area contributed by atoms with Gasteiger partial charge in [-0.05, 0) is 25.0 Å². The Bertz CT molecular complexity index is 525. The van der Waals surface area contributed by atoms with Crippen LogP contribution in [0.3, 0.4) is 0 Å². The molecular formula is C12H17NO4S. The first-order chi connectivity index (χ1) is 8.35. The van der Waals surface area contributed by atoms with Gasteiger partial charge in [0.05, 0.1) is 4.90 Å². The fourth-order valence-corrected chi connectivity index (χ4v) is 3.02. The zero-order chi connectivity index (χ0) is 13.8. The lowest BCUT2D eigenvalue weighted by molar-refractivity contribution is -0.137. The van der Waals surface area contributed by atoms with Crippen LogP contribution in [0.4, 0.5) is 0 Å². The predicted octanol–water partition coefficient (Wildman–Crippen LogP) is 1.48. The summed E-state index contributed by atoms with van der Waals surface area (Å²) >= 11 is 0. The molecular weight excluding hydrogens is 254 g/mol. The van der Waals surface area contributed by atoms with Crippen LogP contribution >= 0.6 is 0 Å². The molecule has 1 aromatic rings. The Morgan fingerprint density at radius 1 is 1.33 bits per heavy atom. The zero-order valence-corrected chi connectivity index (χ0v) is 11.3. The average Bonchev–Trinajstić information content (AvgIpc) is 2.28. The van der Waals surface area contributed by atoms with Crippen molar-refractivity contribution in [2.75, 3.05) is 13.6 Å². The minimum absolute atomic E-state index is 0.0341. The van der Waals surface area contributed by atoms with Crippen LogP contribution in [-0.4, -0.2) is 37.4 Å². The van der Waals surface area contributed by atoms with Gasteiger partial charge in [-0.25, -0.2) is 12.7 Å². The second kappa shape index (κ2) is 5.97. The Hall–Kier alpha value is -1.40. The Balaban J connectivity index is 2.81. The van der Waals surface area contributed by atoms with Gasteiger partial charge in [-0.2, -0.15) is 0 Å². The smallest absolute Gasteiger partial charge is 0.303 e. The summed E-state index contributed by atoms with van der Waals surface area (Å²) < 4.78 is 25.6. The number of hydrogen-bond acceptors (Lipinski definition) is 3. The molecule has 0 heterocycles. The molecule has 0 aliphatic carbocycles. The Kier molecular flexibility index (Phi) is 4.86. The van der Waals surface area contributed by atoms with Crippen LogP contribution in [0.2, 0.25) is 0 Å². The van der Waals surface area contributed by atoms with Crippen molar-refractivity contribution in [3.8, 4) is 0 Å². The normalized spacial score (nSPS) is 11.7. The molecule has 0 aliphatic rings. The van der Waals surface area contributed by atoms with Crippen molar-refractivity contribution in [2.45, 2.75) is 24.7 Å². The highest BCUT2D eigenvalue weighted by atomic mass is 32.2. The Morgan fingerprint density at radius 3 is 2.50 bits per heavy atom. The molecule has 0 amide bonds. The van der Waals surface area contributed by atoms with Crippen molar-refractivity contribution in [3.63, 3.8) is 0 Å². The van der Waals surface area contributed by atoms with Gasteiger partial charge in [0.15, 0.2) is 0 Å². The van der Waals surface area contributed by atoms with Gasteiger partial charge in [0.2, 0.25) is 10.0 Å². The van der Waals surface area contributed by atoms with Gasteiger partial charge in [0, 0.05) is 20.0 Å². The first-order valence-corrected chi connectivity index (χ1v) is 7.03. The molecule has 0 aliphatic heterocycles. The summed E-state index contributed by atoms with van der Waals surface area (Å²) in [4.78, 5) is 10.7. The van der Waals surface area contributed by atoms with Gasteiger partial charge in [0.1, 0.15) is 0 Å². The molecule has 0 radical (unpaired) electrons. The van der Waals surface area contributed by atoms with Crippen molar-refractivity contribution in [1.82, 2.24) is 4.31 Å². The third-order valence-corrected chi connectivity index (χ3v) is 4.66. The van der Waals surface area contributed by atoms with Crippen LogP contribution in [0.15, 0.2) is 29.2 Å². The summed E-state index contributed by atoms with van der Waals surface area (Å²) in [5.41, 5.74) is 0.683.